The lowest BCUT2D eigenvalue weighted by atomic mass is 9.97. The highest BCUT2D eigenvalue weighted by atomic mass is 16.5. The molecule has 0 radical (unpaired) electrons. The molecule has 1 aromatic carbocycles. The average Bonchev–Trinajstić information content (AvgIpc) is 2.94. The van der Waals surface area contributed by atoms with Gasteiger partial charge in [-0.2, -0.15) is 0 Å². The smallest absolute Gasteiger partial charge is 0.223 e. The van der Waals surface area contributed by atoms with Crippen molar-refractivity contribution in [1.29, 1.82) is 0 Å². The van der Waals surface area contributed by atoms with Gasteiger partial charge in [-0.3, -0.25) is 4.79 Å². The number of carbonyl (C=O) groups excluding carboxylic acids is 1. The van der Waals surface area contributed by atoms with Gasteiger partial charge in [0.15, 0.2) is 0 Å². The number of hydrogen-bond acceptors (Lipinski definition) is 3. The molecule has 0 aromatic heterocycles. The molecule has 0 bridgehead atoms. The summed E-state index contributed by atoms with van der Waals surface area (Å²) in [6.45, 7) is 2.90. The number of nitrogens with one attached hydrogen (secondary N) is 1. The standard InChI is InChI=1S/C17H26N2O2/c1-12(13-4-7-16(21-2)8-5-13)9-10-19-17(20)14-3-6-15(18)11-14/h4-5,7-8,12,14-15H,3,6,9-11,18H2,1-2H3,(H,19,20). The van der Waals surface area contributed by atoms with E-state index in [9.17, 15) is 4.79 Å². The van der Waals surface area contributed by atoms with Crippen LogP contribution in [0.2, 0.25) is 0 Å². The van der Waals surface area contributed by atoms with Crippen LogP contribution in [0.5, 0.6) is 5.75 Å². The average molecular weight is 290 g/mol. The van der Waals surface area contributed by atoms with Crippen LogP contribution in [0.4, 0.5) is 0 Å². The molecular weight excluding hydrogens is 264 g/mol. The first-order valence-corrected chi connectivity index (χ1v) is 7.77. The normalized spacial score (nSPS) is 22.8. The van der Waals surface area contributed by atoms with Crippen LogP contribution in [0.1, 0.15) is 44.1 Å². The Bertz CT molecular complexity index is 458. The lowest BCUT2D eigenvalue weighted by Gasteiger charge is -2.15. The van der Waals surface area contributed by atoms with Gasteiger partial charge in [0.2, 0.25) is 5.91 Å². The van der Waals surface area contributed by atoms with Gasteiger partial charge in [-0.25, -0.2) is 0 Å². The van der Waals surface area contributed by atoms with E-state index in [0.29, 0.717) is 5.92 Å². The number of hydrogen-bond donors (Lipinski definition) is 2. The predicted molar refractivity (Wildman–Crippen MR) is 84.4 cm³/mol. The Kier molecular flexibility index (Phi) is 5.62. The van der Waals surface area contributed by atoms with Crippen LogP contribution in [-0.2, 0) is 4.79 Å². The Morgan fingerprint density at radius 3 is 2.67 bits per heavy atom. The van der Waals surface area contributed by atoms with E-state index < -0.39 is 0 Å². The fourth-order valence-electron chi connectivity index (χ4n) is 2.91. The summed E-state index contributed by atoms with van der Waals surface area (Å²) in [7, 11) is 1.67. The summed E-state index contributed by atoms with van der Waals surface area (Å²) < 4.78 is 5.16. The van der Waals surface area contributed by atoms with E-state index in [-0.39, 0.29) is 17.9 Å². The third-order valence-electron chi connectivity index (χ3n) is 4.41. The van der Waals surface area contributed by atoms with Crippen LogP contribution >= 0.6 is 0 Å². The number of methoxy groups -OCH3 is 1. The molecule has 1 aliphatic rings. The molecule has 1 amide bonds. The lowest BCUT2D eigenvalue weighted by Crippen LogP contribution is -2.31. The van der Waals surface area contributed by atoms with Crippen molar-refractivity contribution in [2.75, 3.05) is 13.7 Å². The van der Waals surface area contributed by atoms with Crippen molar-refractivity contribution in [3.63, 3.8) is 0 Å². The Balaban J connectivity index is 1.73. The first-order chi connectivity index (χ1) is 10.1. The summed E-state index contributed by atoms with van der Waals surface area (Å²) in [5.74, 6) is 1.58. The molecule has 21 heavy (non-hydrogen) atoms. The SMILES string of the molecule is COc1ccc(C(C)CCNC(=O)C2CCC(N)C2)cc1. The second-order valence-corrected chi connectivity index (χ2v) is 6.02. The zero-order chi connectivity index (χ0) is 15.2. The van der Waals surface area contributed by atoms with E-state index in [4.69, 9.17) is 10.5 Å². The van der Waals surface area contributed by atoms with Crippen molar-refractivity contribution < 1.29 is 9.53 Å². The molecule has 0 heterocycles. The molecule has 4 heteroatoms. The van der Waals surface area contributed by atoms with E-state index in [2.05, 4.69) is 24.4 Å². The molecule has 1 fully saturated rings. The molecule has 3 unspecified atom stereocenters. The summed E-state index contributed by atoms with van der Waals surface area (Å²) in [5, 5.41) is 3.05. The molecule has 3 N–H and O–H groups in total. The van der Waals surface area contributed by atoms with E-state index in [1.54, 1.807) is 7.11 Å². The minimum atomic E-state index is 0.122. The minimum absolute atomic E-state index is 0.122. The van der Waals surface area contributed by atoms with Crippen molar-refractivity contribution in [2.45, 2.75) is 44.6 Å². The second kappa shape index (κ2) is 7.46. The van der Waals surface area contributed by atoms with Crippen molar-refractivity contribution in [2.24, 2.45) is 11.7 Å². The van der Waals surface area contributed by atoms with Crippen LogP contribution in [0, 0.1) is 5.92 Å². The summed E-state index contributed by atoms with van der Waals surface area (Å²) >= 11 is 0. The van der Waals surface area contributed by atoms with Gasteiger partial charge >= 0.3 is 0 Å². The van der Waals surface area contributed by atoms with E-state index in [1.165, 1.54) is 5.56 Å². The highest BCUT2D eigenvalue weighted by Gasteiger charge is 2.27. The summed E-state index contributed by atoms with van der Waals surface area (Å²) in [5.41, 5.74) is 7.12. The molecule has 3 atom stereocenters. The predicted octanol–water partition coefficient (Wildman–Crippen LogP) is 2.43. The zero-order valence-corrected chi connectivity index (χ0v) is 13.0. The van der Waals surface area contributed by atoms with E-state index in [0.717, 1.165) is 38.0 Å². The largest absolute Gasteiger partial charge is 0.497 e. The molecule has 1 saturated carbocycles. The highest BCUT2D eigenvalue weighted by Crippen LogP contribution is 2.24. The van der Waals surface area contributed by atoms with Gasteiger partial charge in [-0.05, 0) is 49.3 Å². The highest BCUT2D eigenvalue weighted by molar-refractivity contribution is 5.78. The Morgan fingerprint density at radius 1 is 1.38 bits per heavy atom. The van der Waals surface area contributed by atoms with Crippen molar-refractivity contribution in [3.05, 3.63) is 29.8 Å². The molecule has 1 aliphatic carbocycles. The molecule has 0 aliphatic heterocycles. The summed E-state index contributed by atoms with van der Waals surface area (Å²) in [4.78, 5) is 12.0. The third kappa shape index (κ3) is 4.46. The fraction of sp³-hybridized carbons (Fsp3) is 0.588. The summed E-state index contributed by atoms with van der Waals surface area (Å²) in [6, 6.07) is 8.33. The molecule has 0 saturated heterocycles. The first kappa shape index (κ1) is 15.8. The maximum Gasteiger partial charge on any atom is 0.223 e. The fourth-order valence-corrected chi connectivity index (χ4v) is 2.91. The van der Waals surface area contributed by atoms with Gasteiger partial charge in [0.1, 0.15) is 5.75 Å². The lowest BCUT2D eigenvalue weighted by molar-refractivity contribution is -0.124. The van der Waals surface area contributed by atoms with Crippen LogP contribution in [0.25, 0.3) is 0 Å². The minimum Gasteiger partial charge on any atom is -0.497 e. The van der Waals surface area contributed by atoms with Gasteiger partial charge in [0.25, 0.3) is 0 Å². The van der Waals surface area contributed by atoms with Crippen molar-refractivity contribution in [3.8, 4) is 5.75 Å². The molecule has 1 aromatic rings. The maximum absolute atomic E-state index is 12.0. The topological polar surface area (TPSA) is 64.3 Å². The van der Waals surface area contributed by atoms with Gasteiger partial charge in [0.05, 0.1) is 7.11 Å². The number of benzene rings is 1. The van der Waals surface area contributed by atoms with Crippen molar-refractivity contribution >= 4 is 5.91 Å². The van der Waals surface area contributed by atoms with Crippen LogP contribution < -0.4 is 15.8 Å². The molecule has 4 nitrogen and oxygen atoms in total. The number of rotatable bonds is 6. The molecular formula is C17H26N2O2. The molecule has 116 valence electrons. The van der Waals surface area contributed by atoms with E-state index >= 15 is 0 Å². The van der Waals surface area contributed by atoms with Crippen molar-refractivity contribution in [1.82, 2.24) is 5.32 Å². The quantitative estimate of drug-likeness (QED) is 0.845. The number of ether oxygens (including phenoxy) is 1. The zero-order valence-electron chi connectivity index (χ0n) is 13.0. The van der Waals surface area contributed by atoms with Crippen LogP contribution in [-0.4, -0.2) is 25.6 Å². The number of carbonyl (C=O) groups is 1. The molecule has 2 rings (SSSR count). The van der Waals surface area contributed by atoms with Gasteiger partial charge in [0, 0.05) is 18.5 Å². The monoisotopic (exact) mass is 290 g/mol. The number of amides is 1. The van der Waals surface area contributed by atoms with Gasteiger partial charge in [-0.1, -0.05) is 19.1 Å². The van der Waals surface area contributed by atoms with Gasteiger partial charge in [-0.15, -0.1) is 0 Å². The third-order valence-corrected chi connectivity index (χ3v) is 4.41. The molecule has 0 spiro atoms. The van der Waals surface area contributed by atoms with E-state index in [1.807, 2.05) is 12.1 Å². The Hall–Kier alpha value is -1.55. The second-order valence-electron chi connectivity index (χ2n) is 6.02. The maximum atomic E-state index is 12.0. The van der Waals surface area contributed by atoms with Crippen LogP contribution in [0.3, 0.4) is 0 Å². The van der Waals surface area contributed by atoms with Crippen LogP contribution in [0.15, 0.2) is 24.3 Å². The first-order valence-electron chi connectivity index (χ1n) is 7.77. The number of nitrogens with two attached hydrogens (primary N) is 1. The Morgan fingerprint density at radius 2 is 2.10 bits per heavy atom. The Labute approximate surface area is 127 Å². The summed E-state index contributed by atoms with van der Waals surface area (Å²) in [6.07, 6.45) is 3.68. The van der Waals surface area contributed by atoms with Gasteiger partial charge < -0.3 is 15.8 Å².